The number of rotatable bonds is 4. The van der Waals surface area contributed by atoms with Crippen LogP contribution < -0.4 is 5.32 Å². The number of aliphatic hydroxyl groups is 1. The third-order valence-electron chi connectivity index (χ3n) is 2.74. The summed E-state index contributed by atoms with van der Waals surface area (Å²) >= 11 is 0. The number of nitrogens with one attached hydrogen (secondary N) is 1. The molecule has 2 heteroatoms. The molecule has 1 atom stereocenters. The molecule has 2 aromatic carbocycles. The topological polar surface area (TPSA) is 32.3 Å². The van der Waals surface area contributed by atoms with E-state index in [0.717, 1.165) is 12.2 Å². The zero-order valence-electron chi connectivity index (χ0n) is 9.48. The van der Waals surface area contributed by atoms with Gasteiger partial charge < -0.3 is 10.4 Å². The number of aliphatic hydroxyl groups excluding tert-OH is 1. The van der Waals surface area contributed by atoms with Crippen molar-refractivity contribution < 1.29 is 5.11 Å². The molecule has 2 N–H and O–H groups in total. The van der Waals surface area contributed by atoms with Crippen LogP contribution >= 0.6 is 0 Å². The SMILES string of the molecule is CC(CO)CNc1cccc2ccccc12. The zero-order chi connectivity index (χ0) is 11.4. The number of hydrogen-bond acceptors (Lipinski definition) is 2. The molecule has 0 heterocycles. The number of anilines is 1. The van der Waals surface area contributed by atoms with Crippen molar-refractivity contribution in [3.63, 3.8) is 0 Å². The summed E-state index contributed by atoms with van der Waals surface area (Å²) in [4.78, 5) is 0. The van der Waals surface area contributed by atoms with Crippen LogP contribution in [0.4, 0.5) is 5.69 Å². The molecular formula is C14H17NO. The lowest BCUT2D eigenvalue weighted by molar-refractivity contribution is 0.244. The maximum absolute atomic E-state index is 8.99. The Morgan fingerprint density at radius 1 is 1.12 bits per heavy atom. The minimum Gasteiger partial charge on any atom is -0.396 e. The molecule has 0 aliphatic heterocycles. The van der Waals surface area contributed by atoms with Gasteiger partial charge in [0.2, 0.25) is 0 Å². The van der Waals surface area contributed by atoms with Gasteiger partial charge in [0.15, 0.2) is 0 Å². The zero-order valence-corrected chi connectivity index (χ0v) is 9.48. The molecule has 0 bridgehead atoms. The molecule has 0 radical (unpaired) electrons. The van der Waals surface area contributed by atoms with Gasteiger partial charge in [-0.3, -0.25) is 0 Å². The highest BCUT2D eigenvalue weighted by Crippen LogP contribution is 2.22. The molecule has 0 aliphatic carbocycles. The Morgan fingerprint density at radius 2 is 1.88 bits per heavy atom. The molecule has 84 valence electrons. The van der Waals surface area contributed by atoms with Crippen molar-refractivity contribution in [2.75, 3.05) is 18.5 Å². The summed E-state index contributed by atoms with van der Waals surface area (Å²) < 4.78 is 0. The molecular weight excluding hydrogens is 198 g/mol. The van der Waals surface area contributed by atoms with Gasteiger partial charge in [-0.1, -0.05) is 43.3 Å². The Hall–Kier alpha value is -1.54. The Bertz CT molecular complexity index is 462. The van der Waals surface area contributed by atoms with E-state index >= 15 is 0 Å². The van der Waals surface area contributed by atoms with E-state index in [4.69, 9.17) is 5.11 Å². The van der Waals surface area contributed by atoms with Gasteiger partial charge in [-0.15, -0.1) is 0 Å². The van der Waals surface area contributed by atoms with E-state index in [2.05, 4.69) is 29.6 Å². The number of hydrogen-bond donors (Lipinski definition) is 2. The summed E-state index contributed by atoms with van der Waals surface area (Å²) in [7, 11) is 0. The fraction of sp³-hybridized carbons (Fsp3) is 0.286. The van der Waals surface area contributed by atoms with E-state index in [-0.39, 0.29) is 12.5 Å². The average Bonchev–Trinajstić information content (AvgIpc) is 2.35. The Morgan fingerprint density at radius 3 is 2.69 bits per heavy atom. The van der Waals surface area contributed by atoms with E-state index < -0.39 is 0 Å². The fourth-order valence-corrected chi connectivity index (χ4v) is 1.73. The van der Waals surface area contributed by atoms with Crippen molar-refractivity contribution >= 4 is 16.5 Å². The van der Waals surface area contributed by atoms with Gasteiger partial charge in [0.05, 0.1) is 0 Å². The van der Waals surface area contributed by atoms with Crippen LogP contribution in [0, 0.1) is 5.92 Å². The normalized spacial score (nSPS) is 12.6. The molecule has 0 saturated carbocycles. The van der Waals surface area contributed by atoms with Gasteiger partial charge in [-0.05, 0) is 17.4 Å². The second kappa shape index (κ2) is 4.99. The molecule has 2 nitrogen and oxygen atoms in total. The van der Waals surface area contributed by atoms with Crippen LogP contribution in [0.3, 0.4) is 0 Å². The van der Waals surface area contributed by atoms with Crippen molar-refractivity contribution in [1.82, 2.24) is 0 Å². The Kier molecular flexibility index (Phi) is 3.42. The molecule has 0 saturated heterocycles. The van der Waals surface area contributed by atoms with Gasteiger partial charge in [-0.25, -0.2) is 0 Å². The first-order valence-corrected chi connectivity index (χ1v) is 5.63. The summed E-state index contributed by atoms with van der Waals surface area (Å²) in [5.74, 6) is 0.277. The molecule has 0 aliphatic rings. The van der Waals surface area contributed by atoms with E-state index in [9.17, 15) is 0 Å². The van der Waals surface area contributed by atoms with Gasteiger partial charge in [0.1, 0.15) is 0 Å². The first-order valence-electron chi connectivity index (χ1n) is 5.63. The summed E-state index contributed by atoms with van der Waals surface area (Å²) in [6, 6.07) is 14.5. The van der Waals surface area contributed by atoms with Gasteiger partial charge >= 0.3 is 0 Å². The maximum atomic E-state index is 8.99. The second-order valence-corrected chi connectivity index (χ2v) is 4.20. The first kappa shape index (κ1) is 11.0. The maximum Gasteiger partial charge on any atom is 0.0473 e. The average molecular weight is 215 g/mol. The summed E-state index contributed by atoms with van der Waals surface area (Å²) in [5, 5.41) is 14.8. The molecule has 0 spiro atoms. The van der Waals surface area contributed by atoms with Crippen LogP contribution in [0.5, 0.6) is 0 Å². The van der Waals surface area contributed by atoms with Crippen LogP contribution in [0.1, 0.15) is 6.92 Å². The van der Waals surface area contributed by atoms with Crippen LogP contribution in [-0.2, 0) is 0 Å². The van der Waals surface area contributed by atoms with Crippen LogP contribution in [0.2, 0.25) is 0 Å². The third-order valence-corrected chi connectivity index (χ3v) is 2.74. The third kappa shape index (κ3) is 2.34. The number of benzene rings is 2. The summed E-state index contributed by atoms with van der Waals surface area (Å²) in [6.07, 6.45) is 0. The molecule has 0 fully saturated rings. The smallest absolute Gasteiger partial charge is 0.0473 e. The minimum atomic E-state index is 0.220. The standard InChI is InChI=1S/C14H17NO/c1-11(10-16)9-15-14-8-4-6-12-5-2-3-7-13(12)14/h2-8,11,15-16H,9-10H2,1H3. The quantitative estimate of drug-likeness (QED) is 0.822. The van der Waals surface area contributed by atoms with Crippen LogP contribution in [0.15, 0.2) is 42.5 Å². The monoisotopic (exact) mass is 215 g/mol. The fourth-order valence-electron chi connectivity index (χ4n) is 1.73. The number of fused-ring (bicyclic) bond motifs is 1. The molecule has 1 unspecified atom stereocenters. The molecule has 16 heavy (non-hydrogen) atoms. The van der Waals surface area contributed by atoms with Crippen molar-refractivity contribution in [2.45, 2.75) is 6.92 Å². The lowest BCUT2D eigenvalue weighted by Crippen LogP contribution is -2.14. The highest BCUT2D eigenvalue weighted by molar-refractivity contribution is 5.93. The van der Waals surface area contributed by atoms with Crippen LogP contribution in [-0.4, -0.2) is 18.3 Å². The lowest BCUT2D eigenvalue weighted by Gasteiger charge is -2.12. The van der Waals surface area contributed by atoms with E-state index in [0.29, 0.717) is 0 Å². The first-order chi connectivity index (χ1) is 7.81. The molecule has 2 rings (SSSR count). The lowest BCUT2D eigenvalue weighted by atomic mass is 10.1. The van der Waals surface area contributed by atoms with E-state index in [1.165, 1.54) is 10.8 Å². The highest BCUT2D eigenvalue weighted by atomic mass is 16.3. The largest absolute Gasteiger partial charge is 0.396 e. The van der Waals surface area contributed by atoms with Crippen molar-refractivity contribution in [1.29, 1.82) is 0 Å². The highest BCUT2D eigenvalue weighted by Gasteiger charge is 2.02. The minimum absolute atomic E-state index is 0.220. The van der Waals surface area contributed by atoms with Gasteiger partial charge in [0, 0.05) is 24.2 Å². The predicted molar refractivity (Wildman–Crippen MR) is 68.7 cm³/mol. The van der Waals surface area contributed by atoms with Gasteiger partial charge in [-0.2, -0.15) is 0 Å². The van der Waals surface area contributed by atoms with E-state index in [1.807, 2.05) is 25.1 Å². The Labute approximate surface area is 95.9 Å². The van der Waals surface area contributed by atoms with Gasteiger partial charge in [0.25, 0.3) is 0 Å². The molecule has 0 aromatic heterocycles. The van der Waals surface area contributed by atoms with E-state index in [1.54, 1.807) is 0 Å². The Balaban J connectivity index is 2.23. The molecule has 0 amide bonds. The summed E-state index contributed by atoms with van der Waals surface area (Å²) in [5.41, 5.74) is 1.14. The van der Waals surface area contributed by atoms with Crippen molar-refractivity contribution in [3.8, 4) is 0 Å². The summed E-state index contributed by atoms with van der Waals surface area (Å²) in [6.45, 7) is 3.04. The predicted octanol–water partition coefficient (Wildman–Crippen LogP) is 2.88. The molecule has 2 aromatic rings. The van der Waals surface area contributed by atoms with Crippen molar-refractivity contribution in [2.24, 2.45) is 5.92 Å². The van der Waals surface area contributed by atoms with Crippen molar-refractivity contribution in [3.05, 3.63) is 42.5 Å². The van der Waals surface area contributed by atoms with Crippen LogP contribution in [0.25, 0.3) is 10.8 Å². The second-order valence-electron chi connectivity index (χ2n) is 4.20.